The highest BCUT2D eigenvalue weighted by molar-refractivity contribution is 5.91. The molecule has 0 aliphatic carbocycles. The molecule has 0 bridgehead atoms. The van der Waals surface area contributed by atoms with Crippen molar-refractivity contribution in [2.75, 3.05) is 5.32 Å². The van der Waals surface area contributed by atoms with Crippen molar-refractivity contribution in [3.8, 4) is 11.3 Å². The van der Waals surface area contributed by atoms with E-state index in [0.717, 1.165) is 5.56 Å². The Morgan fingerprint density at radius 1 is 1.26 bits per heavy atom. The van der Waals surface area contributed by atoms with Gasteiger partial charge in [0.15, 0.2) is 5.69 Å². The number of amides is 1. The monoisotopic (exact) mass is 323 g/mol. The van der Waals surface area contributed by atoms with Crippen LogP contribution >= 0.6 is 0 Å². The van der Waals surface area contributed by atoms with Gasteiger partial charge >= 0.3 is 6.18 Å². The van der Waals surface area contributed by atoms with E-state index in [9.17, 15) is 18.0 Å². The summed E-state index contributed by atoms with van der Waals surface area (Å²) in [6.45, 7) is 3.57. The third-order valence-corrected chi connectivity index (χ3v) is 3.09. The Morgan fingerprint density at radius 2 is 2.00 bits per heavy atom. The Hall–Kier alpha value is -2.44. The molecule has 2 aromatic heterocycles. The highest BCUT2D eigenvalue weighted by Gasteiger charge is 2.36. The molecule has 0 saturated carbocycles. The first-order chi connectivity index (χ1) is 10.8. The van der Waals surface area contributed by atoms with E-state index in [0.29, 0.717) is 12.0 Å². The quantitative estimate of drug-likeness (QED) is 0.917. The second kappa shape index (κ2) is 6.76. The molecule has 0 spiro atoms. The molecule has 2 heterocycles. The Kier molecular flexibility index (Phi) is 4.98. The molecular formula is C16H16F3N3O. The molecule has 0 unspecified atom stereocenters. The van der Waals surface area contributed by atoms with E-state index in [1.54, 1.807) is 26.1 Å². The number of halogens is 3. The second-order valence-corrected chi connectivity index (χ2v) is 5.14. The zero-order valence-electron chi connectivity index (χ0n) is 12.7. The van der Waals surface area contributed by atoms with Crippen LogP contribution in [-0.4, -0.2) is 15.9 Å². The molecule has 23 heavy (non-hydrogen) atoms. The number of pyridine rings is 2. The zero-order valence-corrected chi connectivity index (χ0v) is 12.7. The third-order valence-electron chi connectivity index (χ3n) is 3.09. The number of nitrogens with one attached hydrogen (secondary N) is 1. The highest BCUT2D eigenvalue weighted by atomic mass is 19.4. The number of carbonyl (C=O) groups is 1. The van der Waals surface area contributed by atoms with Crippen molar-refractivity contribution in [2.45, 2.75) is 32.9 Å². The minimum absolute atomic E-state index is 0.154. The van der Waals surface area contributed by atoms with Crippen molar-refractivity contribution < 1.29 is 18.0 Å². The smallest absolute Gasteiger partial charge is 0.324 e. The fourth-order valence-electron chi connectivity index (χ4n) is 2.07. The minimum atomic E-state index is -4.66. The van der Waals surface area contributed by atoms with Gasteiger partial charge in [-0.1, -0.05) is 6.92 Å². The number of anilines is 1. The van der Waals surface area contributed by atoms with Crippen LogP contribution in [0.3, 0.4) is 0 Å². The summed E-state index contributed by atoms with van der Waals surface area (Å²) in [7, 11) is 0. The zero-order chi connectivity index (χ0) is 17.0. The predicted octanol–water partition coefficient (Wildman–Crippen LogP) is 4.21. The Morgan fingerprint density at radius 3 is 2.61 bits per heavy atom. The molecule has 1 N–H and O–H groups in total. The molecule has 0 atom stereocenters. The maximum Gasteiger partial charge on any atom is 0.435 e. The lowest BCUT2D eigenvalue weighted by Crippen LogP contribution is -2.17. The SMILES string of the molecule is CCCC(=O)Nc1ccc(-c2cncc(C)c2)nc1C(F)(F)F. The Labute approximate surface area is 131 Å². The topological polar surface area (TPSA) is 54.9 Å². The number of rotatable bonds is 4. The average Bonchev–Trinajstić information content (AvgIpc) is 2.46. The summed E-state index contributed by atoms with van der Waals surface area (Å²) >= 11 is 0. The van der Waals surface area contributed by atoms with E-state index >= 15 is 0 Å². The molecule has 0 saturated heterocycles. The van der Waals surface area contributed by atoms with E-state index in [2.05, 4.69) is 15.3 Å². The van der Waals surface area contributed by atoms with Gasteiger partial charge in [0.1, 0.15) is 0 Å². The summed E-state index contributed by atoms with van der Waals surface area (Å²) in [6.07, 6.45) is -0.908. The molecule has 2 rings (SSSR count). The maximum absolute atomic E-state index is 13.2. The van der Waals surface area contributed by atoms with Gasteiger partial charge < -0.3 is 5.32 Å². The van der Waals surface area contributed by atoms with Gasteiger partial charge in [-0.2, -0.15) is 13.2 Å². The number of aryl methyl sites for hydroxylation is 1. The number of hydrogen-bond acceptors (Lipinski definition) is 3. The predicted molar refractivity (Wildman–Crippen MR) is 80.7 cm³/mol. The first-order valence-electron chi connectivity index (χ1n) is 7.11. The molecule has 2 aromatic rings. The van der Waals surface area contributed by atoms with E-state index < -0.39 is 17.8 Å². The molecule has 0 fully saturated rings. The molecule has 0 aliphatic rings. The van der Waals surface area contributed by atoms with Crippen LogP contribution in [0.4, 0.5) is 18.9 Å². The second-order valence-electron chi connectivity index (χ2n) is 5.14. The number of aromatic nitrogens is 2. The van der Waals surface area contributed by atoms with Crippen LogP contribution in [0.2, 0.25) is 0 Å². The van der Waals surface area contributed by atoms with Crippen LogP contribution in [0.5, 0.6) is 0 Å². The lowest BCUT2D eigenvalue weighted by atomic mass is 10.1. The Bertz CT molecular complexity index is 714. The third kappa shape index (κ3) is 4.28. The fraction of sp³-hybridized carbons (Fsp3) is 0.312. The van der Waals surface area contributed by atoms with Gasteiger partial charge in [-0.05, 0) is 37.1 Å². The fourth-order valence-corrected chi connectivity index (χ4v) is 2.07. The van der Waals surface area contributed by atoms with Gasteiger partial charge in [0.05, 0.1) is 11.4 Å². The van der Waals surface area contributed by atoms with Crippen LogP contribution in [0.25, 0.3) is 11.3 Å². The summed E-state index contributed by atoms with van der Waals surface area (Å²) in [5.41, 5.74) is 0.0170. The van der Waals surface area contributed by atoms with Crippen molar-refractivity contribution in [1.82, 2.24) is 9.97 Å². The lowest BCUT2D eigenvalue weighted by Gasteiger charge is -2.14. The molecular weight excluding hydrogens is 307 g/mol. The summed E-state index contributed by atoms with van der Waals surface area (Å²) < 4.78 is 39.7. The van der Waals surface area contributed by atoms with Crippen molar-refractivity contribution in [3.63, 3.8) is 0 Å². The van der Waals surface area contributed by atoms with Crippen LogP contribution < -0.4 is 5.32 Å². The first-order valence-corrected chi connectivity index (χ1v) is 7.11. The molecule has 7 heteroatoms. The Balaban J connectivity index is 2.44. The maximum atomic E-state index is 13.2. The van der Waals surface area contributed by atoms with Crippen LogP contribution in [0.15, 0.2) is 30.6 Å². The molecule has 1 amide bonds. The number of alkyl halides is 3. The standard InChI is InChI=1S/C16H16F3N3O/c1-3-4-14(23)21-13-6-5-12(22-15(13)16(17,18)19)11-7-10(2)8-20-9-11/h5-9H,3-4H2,1-2H3,(H,21,23). The summed E-state index contributed by atoms with van der Waals surface area (Å²) in [5.74, 6) is -0.468. The number of hydrogen-bond donors (Lipinski definition) is 1. The van der Waals surface area contributed by atoms with E-state index in [1.807, 2.05) is 0 Å². The van der Waals surface area contributed by atoms with Crippen molar-refractivity contribution in [1.29, 1.82) is 0 Å². The summed E-state index contributed by atoms with van der Waals surface area (Å²) in [4.78, 5) is 19.2. The van der Waals surface area contributed by atoms with Gasteiger partial charge in [-0.3, -0.25) is 9.78 Å². The van der Waals surface area contributed by atoms with Crippen LogP contribution in [0, 0.1) is 6.92 Å². The number of nitrogens with zero attached hydrogens (tertiary/aromatic N) is 2. The van der Waals surface area contributed by atoms with Crippen molar-refractivity contribution in [3.05, 3.63) is 41.9 Å². The van der Waals surface area contributed by atoms with E-state index in [4.69, 9.17) is 0 Å². The van der Waals surface area contributed by atoms with Crippen LogP contribution in [-0.2, 0) is 11.0 Å². The molecule has 4 nitrogen and oxygen atoms in total. The minimum Gasteiger partial charge on any atom is -0.324 e. The molecule has 0 aliphatic heterocycles. The largest absolute Gasteiger partial charge is 0.435 e. The van der Waals surface area contributed by atoms with Crippen LogP contribution in [0.1, 0.15) is 31.0 Å². The number of carbonyl (C=O) groups excluding carboxylic acids is 1. The average molecular weight is 323 g/mol. The van der Waals surface area contributed by atoms with Crippen molar-refractivity contribution in [2.24, 2.45) is 0 Å². The normalized spacial score (nSPS) is 11.3. The van der Waals surface area contributed by atoms with Gasteiger partial charge in [-0.15, -0.1) is 0 Å². The van der Waals surface area contributed by atoms with Gasteiger partial charge in [0.2, 0.25) is 5.91 Å². The van der Waals surface area contributed by atoms with Crippen molar-refractivity contribution >= 4 is 11.6 Å². The summed E-state index contributed by atoms with van der Waals surface area (Å²) in [6, 6.07) is 4.36. The molecule has 122 valence electrons. The highest BCUT2D eigenvalue weighted by Crippen LogP contribution is 2.35. The van der Waals surface area contributed by atoms with E-state index in [1.165, 1.54) is 18.3 Å². The lowest BCUT2D eigenvalue weighted by molar-refractivity contribution is -0.140. The first kappa shape index (κ1) is 16.9. The van der Waals surface area contributed by atoms with E-state index in [-0.39, 0.29) is 17.8 Å². The summed E-state index contributed by atoms with van der Waals surface area (Å²) in [5, 5.41) is 2.27. The molecule has 0 radical (unpaired) electrons. The van der Waals surface area contributed by atoms with Gasteiger partial charge in [0, 0.05) is 24.4 Å². The molecule has 0 aromatic carbocycles. The van der Waals surface area contributed by atoms with Gasteiger partial charge in [0.25, 0.3) is 0 Å². The van der Waals surface area contributed by atoms with Gasteiger partial charge in [-0.25, -0.2) is 4.98 Å².